The second-order valence-electron chi connectivity index (χ2n) is 6.05. The Morgan fingerprint density at radius 1 is 0.926 bits per heavy atom. The molecule has 0 radical (unpaired) electrons. The highest BCUT2D eigenvalue weighted by Gasteiger charge is 2.07. The van der Waals surface area contributed by atoms with Crippen molar-refractivity contribution >= 4 is 23.3 Å². The molecule has 27 heavy (non-hydrogen) atoms. The summed E-state index contributed by atoms with van der Waals surface area (Å²) < 4.78 is 0. The Morgan fingerprint density at radius 2 is 1.67 bits per heavy atom. The second kappa shape index (κ2) is 8.71. The van der Waals surface area contributed by atoms with Gasteiger partial charge in [-0.2, -0.15) is 0 Å². The van der Waals surface area contributed by atoms with Crippen molar-refractivity contribution in [2.45, 2.75) is 13.3 Å². The quantitative estimate of drug-likeness (QED) is 0.631. The minimum absolute atomic E-state index is 0.0120. The molecule has 0 unspecified atom stereocenters. The van der Waals surface area contributed by atoms with Crippen LogP contribution in [-0.4, -0.2) is 28.2 Å². The smallest absolute Gasteiger partial charge is 0.254 e. The van der Waals surface area contributed by atoms with Crippen LogP contribution in [0.3, 0.4) is 0 Å². The van der Waals surface area contributed by atoms with Gasteiger partial charge < -0.3 is 10.6 Å². The standard InChI is InChI=1S/C21H20N4O2/c1-15(26)17-8-5-9-19(12-17)25-21-23-13-18(14-24-21)20(27)22-11-10-16-6-3-2-4-7-16/h2-9,12-14H,10-11H2,1H3,(H,22,27)(H,23,24,25). The molecule has 0 aliphatic carbocycles. The number of carbonyl (C=O) groups is 2. The zero-order chi connectivity index (χ0) is 19.1. The molecule has 1 aromatic heterocycles. The summed E-state index contributed by atoms with van der Waals surface area (Å²) in [6, 6.07) is 17.0. The van der Waals surface area contributed by atoms with E-state index in [-0.39, 0.29) is 11.7 Å². The Hall–Kier alpha value is -3.54. The van der Waals surface area contributed by atoms with Crippen molar-refractivity contribution in [2.75, 3.05) is 11.9 Å². The lowest BCUT2D eigenvalue weighted by atomic mass is 10.1. The minimum Gasteiger partial charge on any atom is -0.352 e. The Kier molecular flexibility index (Phi) is 5.89. The lowest BCUT2D eigenvalue weighted by molar-refractivity contribution is 0.0952. The molecule has 1 amide bonds. The van der Waals surface area contributed by atoms with Gasteiger partial charge in [0.05, 0.1) is 5.56 Å². The van der Waals surface area contributed by atoms with Gasteiger partial charge in [0, 0.05) is 30.2 Å². The summed E-state index contributed by atoms with van der Waals surface area (Å²) in [4.78, 5) is 32.0. The second-order valence-corrected chi connectivity index (χ2v) is 6.05. The van der Waals surface area contributed by atoms with Crippen LogP contribution in [0.25, 0.3) is 0 Å². The Balaban J connectivity index is 1.55. The number of carbonyl (C=O) groups excluding carboxylic acids is 2. The number of anilines is 2. The van der Waals surface area contributed by atoms with Gasteiger partial charge in [-0.1, -0.05) is 42.5 Å². The van der Waals surface area contributed by atoms with E-state index in [2.05, 4.69) is 20.6 Å². The fourth-order valence-corrected chi connectivity index (χ4v) is 2.52. The van der Waals surface area contributed by atoms with Crippen molar-refractivity contribution < 1.29 is 9.59 Å². The monoisotopic (exact) mass is 360 g/mol. The fraction of sp³-hybridized carbons (Fsp3) is 0.143. The molecule has 0 atom stereocenters. The number of nitrogens with zero attached hydrogens (tertiary/aromatic N) is 2. The van der Waals surface area contributed by atoms with E-state index >= 15 is 0 Å². The van der Waals surface area contributed by atoms with E-state index in [4.69, 9.17) is 0 Å². The maximum atomic E-state index is 12.2. The summed E-state index contributed by atoms with van der Waals surface area (Å²) in [6.07, 6.45) is 3.71. The molecule has 6 nitrogen and oxygen atoms in total. The number of hydrogen-bond donors (Lipinski definition) is 2. The van der Waals surface area contributed by atoms with Crippen molar-refractivity contribution in [3.05, 3.63) is 83.7 Å². The highest BCUT2D eigenvalue weighted by Crippen LogP contribution is 2.15. The van der Waals surface area contributed by atoms with E-state index in [0.29, 0.717) is 29.3 Å². The number of nitrogens with one attached hydrogen (secondary N) is 2. The lowest BCUT2D eigenvalue weighted by Gasteiger charge is -2.07. The van der Waals surface area contributed by atoms with Crippen molar-refractivity contribution in [2.24, 2.45) is 0 Å². The van der Waals surface area contributed by atoms with Crippen molar-refractivity contribution in [3.8, 4) is 0 Å². The molecule has 0 saturated heterocycles. The van der Waals surface area contributed by atoms with Crippen LogP contribution in [0, 0.1) is 0 Å². The third-order valence-corrected chi connectivity index (χ3v) is 3.98. The van der Waals surface area contributed by atoms with Crippen LogP contribution in [0.5, 0.6) is 0 Å². The molecule has 0 saturated carbocycles. The number of benzene rings is 2. The van der Waals surface area contributed by atoms with Crippen molar-refractivity contribution in [1.82, 2.24) is 15.3 Å². The highest BCUT2D eigenvalue weighted by molar-refractivity contribution is 5.95. The molecule has 0 bridgehead atoms. The molecular weight excluding hydrogens is 340 g/mol. The summed E-state index contributed by atoms with van der Waals surface area (Å²) >= 11 is 0. The summed E-state index contributed by atoms with van der Waals surface area (Å²) in [5.41, 5.74) is 2.88. The van der Waals surface area contributed by atoms with Gasteiger partial charge in [-0.05, 0) is 31.0 Å². The predicted molar refractivity (Wildman–Crippen MR) is 104 cm³/mol. The van der Waals surface area contributed by atoms with Crippen LogP contribution < -0.4 is 10.6 Å². The normalized spacial score (nSPS) is 10.3. The summed E-state index contributed by atoms with van der Waals surface area (Å²) in [5.74, 6) is 0.134. The predicted octanol–water partition coefficient (Wildman–Crippen LogP) is 3.40. The topological polar surface area (TPSA) is 84.0 Å². The van der Waals surface area contributed by atoms with Gasteiger partial charge in [0.2, 0.25) is 5.95 Å². The maximum Gasteiger partial charge on any atom is 0.254 e. The Labute approximate surface area is 157 Å². The van der Waals surface area contributed by atoms with Crippen molar-refractivity contribution in [3.63, 3.8) is 0 Å². The van der Waals surface area contributed by atoms with E-state index in [0.717, 1.165) is 6.42 Å². The molecule has 2 N–H and O–H groups in total. The molecule has 0 spiro atoms. The van der Waals surface area contributed by atoms with Crippen LogP contribution in [-0.2, 0) is 6.42 Å². The molecule has 136 valence electrons. The van der Waals surface area contributed by atoms with Crippen LogP contribution in [0.4, 0.5) is 11.6 Å². The minimum atomic E-state index is -0.212. The number of ketones is 1. The van der Waals surface area contributed by atoms with E-state index in [1.807, 2.05) is 36.4 Å². The molecule has 6 heteroatoms. The maximum absolute atomic E-state index is 12.2. The number of Topliss-reactive ketones (excluding diaryl/α,β-unsaturated/α-hetero) is 1. The third-order valence-electron chi connectivity index (χ3n) is 3.98. The van der Waals surface area contributed by atoms with E-state index in [1.165, 1.54) is 24.9 Å². The van der Waals surface area contributed by atoms with Crippen LogP contribution in [0.15, 0.2) is 67.0 Å². The zero-order valence-corrected chi connectivity index (χ0v) is 15.0. The average Bonchev–Trinajstić information content (AvgIpc) is 2.69. The van der Waals surface area contributed by atoms with Gasteiger partial charge in [0.1, 0.15) is 0 Å². The molecular formula is C21H20N4O2. The first-order valence-electron chi connectivity index (χ1n) is 8.64. The SMILES string of the molecule is CC(=O)c1cccc(Nc2ncc(C(=O)NCCc3ccccc3)cn2)c1. The number of amides is 1. The molecule has 0 aliphatic heterocycles. The first kappa shape index (κ1) is 18.3. The molecule has 3 rings (SSSR count). The molecule has 3 aromatic rings. The van der Waals surface area contributed by atoms with Gasteiger partial charge in [0.15, 0.2) is 5.78 Å². The van der Waals surface area contributed by atoms with Gasteiger partial charge in [-0.15, -0.1) is 0 Å². The fourth-order valence-electron chi connectivity index (χ4n) is 2.52. The zero-order valence-electron chi connectivity index (χ0n) is 15.0. The molecule has 2 aromatic carbocycles. The first-order valence-corrected chi connectivity index (χ1v) is 8.64. The van der Waals surface area contributed by atoms with Gasteiger partial charge in [0.25, 0.3) is 5.91 Å². The van der Waals surface area contributed by atoms with E-state index in [1.54, 1.807) is 18.2 Å². The molecule has 0 aliphatic rings. The molecule has 1 heterocycles. The number of aromatic nitrogens is 2. The Morgan fingerprint density at radius 3 is 2.37 bits per heavy atom. The van der Waals surface area contributed by atoms with Gasteiger partial charge in [-0.25, -0.2) is 9.97 Å². The van der Waals surface area contributed by atoms with E-state index < -0.39 is 0 Å². The largest absolute Gasteiger partial charge is 0.352 e. The highest BCUT2D eigenvalue weighted by atomic mass is 16.1. The third kappa shape index (κ3) is 5.22. The summed E-state index contributed by atoms with van der Waals surface area (Å²) in [5, 5.41) is 5.88. The molecule has 0 fully saturated rings. The lowest BCUT2D eigenvalue weighted by Crippen LogP contribution is -2.26. The van der Waals surface area contributed by atoms with Crippen molar-refractivity contribution in [1.29, 1.82) is 0 Å². The van der Waals surface area contributed by atoms with Crippen LogP contribution >= 0.6 is 0 Å². The summed E-state index contributed by atoms with van der Waals surface area (Å²) in [7, 11) is 0. The Bertz CT molecular complexity index is 924. The van der Waals surface area contributed by atoms with Crippen LogP contribution in [0.2, 0.25) is 0 Å². The van der Waals surface area contributed by atoms with Crippen LogP contribution in [0.1, 0.15) is 33.2 Å². The first-order chi connectivity index (χ1) is 13.1. The van der Waals surface area contributed by atoms with Gasteiger partial charge in [-0.3, -0.25) is 9.59 Å². The number of hydrogen-bond acceptors (Lipinski definition) is 5. The average molecular weight is 360 g/mol. The van der Waals surface area contributed by atoms with E-state index in [9.17, 15) is 9.59 Å². The van der Waals surface area contributed by atoms with Gasteiger partial charge >= 0.3 is 0 Å². The number of rotatable bonds is 7. The summed E-state index contributed by atoms with van der Waals surface area (Å²) in [6.45, 7) is 2.06.